The van der Waals surface area contributed by atoms with E-state index in [0.717, 1.165) is 0 Å². The zero-order valence-corrected chi connectivity index (χ0v) is 44.7. The Morgan fingerprint density at radius 1 is 0.973 bits per heavy atom. The molecule has 0 bridgehead atoms. The summed E-state index contributed by atoms with van der Waals surface area (Å²) in [6.07, 6.45) is -12.6. The number of carbonyl (C=O) groups is 1. The number of methoxy groups -OCH3 is 1. The van der Waals surface area contributed by atoms with Crippen molar-refractivity contribution in [3.05, 3.63) is 41.7 Å². The van der Waals surface area contributed by atoms with E-state index in [4.69, 9.17) is 28.4 Å². The van der Waals surface area contributed by atoms with E-state index in [0.29, 0.717) is 37.2 Å². The van der Waals surface area contributed by atoms with Crippen molar-refractivity contribution in [1.29, 1.82) is 0 Å². The third kappa shape index (κ3) is 15.1. The number of hydrogen-bond donors (Lipinski definition) is 5. The highest BCUT2D eigenvalue weighted by atomic mass is 19.4. The number of esters is 1. The van der Waals surface area contributed by atoms with Gasteiger partial charge in [0.1, 0.15) is 42.4 Å². The van der Waals surface area contributed by atoms with Gasteiger partial charge in [0, 0.05) is 57.2 Å². The Labute approximate surface area is 427 Å². The molecule has 2 aromatic rings. The number of aliphatic hydroxyl groups is 5. The standard InChI is InChI=1S/C51H83F4N5O13/c1-14-39-50(10,66)43(62)32(6)59(12)26-28(2)23-48(8,65)45(30(4)42(31(5)46(64)70-39)71-40-24-49(9,67-13)44(63)33(7)69-40)72-47-41(61)38(21-29(3)68-47)58(11)20-19-35-27-60(57-56-35)36(25-52)22-34-15-17-37(18-16-34)73-51(53,54)55/h15-18,27-33,36,38-45,47,61-63,65-66H,14,19-26H2,1-13H3/t28-,29-,30+,31-,32-,33+,36+,38+,39-,40+,41-,42+,43-,44+,45-,47+,48-,49-,50-/m1/s1. The van der Waals surface area contributed by atoms with Crippen molar-refractivity contribution in [3.63, 3.8) is 0 Å². The lowest BCUT2D eigenvalue weighted by molar-refractivity contribution is -0.318. The number of likely N-dealkylation sites (N-methyl/N-ethyl adjacent to an activating group) is 2. The maximum atomic E-state index is 14.5. The van der Waals surface area contributed by atoms with Gasteiger partial charge in [-0.05, 0) is 112 Å². The lowest BCUT2D eigenvalue weighted by Gasteiger charge is -2.49. The average Bonchev–Trinajstić information content (AvgIpc) is 3.79. The minimum Gasteiger partial charge on any atom is -0.459 e. The maximum Gasteiger partial charge on any atom is 0.573 e. The normalized spacial score (nSPS) is 39.4. The first-order chi connectivity index (χ1) is 33.9. The van der Waals surface area contributed by atoms with Crippen LogP contribution in [0.1, 0.15) is 112 Å². The van der Waals surface area contributed by atoms with E-state index in [9.17, 15) is 47.9 Å². The van der Waals surface area contributed by atoms with Gasteiger partial charge in [0.2, 0.25) is 0 Å². The largest absolute Gasteiger partial charge is 0.573 e. The number of carbonyl (C=O) groups excluding carboxylic acids is 1. The number of aromatic nitrogens is 3. The summed E-state index contributed by atoms with van der Waals surface area (Å²) >= 11 is 0. The first-order valence-corrected chi connectivity index (χ1v) is 25.5. The molecule has 3 aliphatic heterocycles. The molecule has 0 saturated carbocycles. The van der Waals surface area contributed by atoms with Crippen LogP contribution < -0.4 is 4.74 Å². The van der Waals surface area contributed by atoms with E-state index in [1.807, 2.05) is 30.7 Å². The fourth-order valence-corrected chi connectivity index (χ4v) is 11.0. The molecule has 1 aromatic heterocycles. The molecule has 73 heavy (non-hydrogen) atoms. The molecule has 0 amide bonds. The highest BCUT2D eigenvalue weighted by Gasteiger charge is 2.53. The van der Waals surface area contributed by atoms with Gasteiger partial charge in [0.25, 0.3) is 0 Å². The number of aliphatic hydroxyl groups excluding tert-OH is 3. The third-order valence-corrected chi connectivity index (χ3v) is 15.6. The van der Waals surface area contributed by atoms with Gasteiger partial charge in [-0.25, -0.2) is 9.07 Å². The smallest absolute Gasteiger partial charge is 0.459 e. The Hall–Kier alpha value is -3.13. The molecule has 4 heterocycles. The number of ether oxygens (including phenoxy) is 7. The summed E-state index contributed by atoms with van der Waals surface area (Å²) in [5.74, 6) is -3.37. The molecule has 5 rings (SSSR count). The van der Waals surface area contributed by atoms with Crippen LogP contribution in [-0.2, 0) is 46.1 Å². The van der Waals surface area contributed by atoms with Crippen LogP contribution in [0.4, 0.5) is 17.6 Å². The summed E-state index contributed by atoms with van der Waals surface area (Å²) in [5, 5.41) is 68.0. The Balaban J connectivity index is 1.42. The second kappa shape index (κ2) is 24.9. The van der Waals surface area contributed by atoms with E-state index in [1.165, 1.54) is 43.0 Å². The Morgan fingerprint density at radius 2 is 1.63 bits per heavy atom. The van der Waals surface area contributed by atoms with Gasteiger partial charge in [-0.1, -0.05) is 38.1 Å². The minimum absolute atomic E-state index is 0.0614. The number of rotatable bonds is 15. The van der Waals surface area contributed by atoms with Crippen LogP contribution in [0.25, 0.3) is 0 Å². The van der Waals surface area contributed by atoms with Gasteiger partial charge >= 0.3 is 12.3 Å². The SMILES string of the molecule is CC[C@H]1OC(=O)[C@H](C)[C@@H](O[C@H]2C[C@@](C)(OC)[C@@H](O)[C@H](C)O2)[C@H](C)[C@@H](O[C@@H]2O[C@H](C)C[C@H](N(C)CCc3cn([C@H](CF)Cc4ccc(OC(F)(F)F)cc4)nn3)[C@H]2O)[C@](C)(O)C[C@@H](C)CN(C)[C@H](C)[C@@H](O)[C@]1(C)O. The van der Waals surface area contributed by atoms with Crippen molar-refractivity contribution < 1.29 is 81.0 Å². The highest BCUT2D eigenvalue weighted by molar-refractivity contribution is 5.73. The molecular weight excluding hydrogens is 967 g/mol. The van der Waals surface area contributed by atoms with Crippen LogP contribution in [0.2, 0.25) is 0 Å². The fourth-order valence-electron chi connectivity index (χ4n) is 11.0. The predicted molar refractivity (Wildman–Crippen MR) is 259 cm³/mol. The van der Waals surface area contributed by atoms with Crippen molar-refractivity contribution >= 4 is 5.97 Å². The van der Waals surface area contributed by atoms with Gasteiger partial charge < -0.3 is 68.5 Å². The van der Waals surface area contributed by atoms with E-state index in [1.54, 1.807) is 61.7 Å². The topological polar surface area (TPSA) is 220 Å². The molecule has 418 valence electrons. The average molecular weight is 1050 g/mol. The van der Waals surface area contributed by atoms with E-state index in [-0.39, 0.29) is 37.4 Å². The summed E-state index contributed by atoms with van der Waals surface area (Å²) in [5.41, 5.74) is -3.55. The second-order valence-electron chi connectivity index (χ2n) is 21.8. The first-order valence-electron chi connectivity index (χ1n) is 25.5. The molecule has 0 spiro atoms. The minimum atomic E-state index is -4.84. The van der Waals surface area contributed by atoms with Gasteiger partial charge in [0.15, 0.2) is 12.6 Å². The van der Waals surface area contributed by atoms with E-state index in [2.05, 4.69) is 15.0 Å². The van der Waals surface area contributed by atoms with Crippen LogP contribution in [-0.4, -0.2) is 194 Å². The molecular formula is C51H83F4N5O13. The van der Waals surface area contributed by atoms with Crippen LogP contribution in [0.5, 0.6) is 5.75 Å². The number of halogens is 4. The lowest BCUT2D eigenvalue weighted by Crippen LogP contribution is -2.61. The Kier molecular flexibility index (Phi) is 20.7. The Morgan fingerprint density at radius 3 is 2.23 bits per heavy atom. The second-order valence-corrected chi connectivity index (χ2v) is 21.8. The lowest BCUT2D eigenvalue weighted by atomic mass is 9.77. The van der Waals surface area contributed by atoms with Crippen molar-refractivity contribution in [2.75, 3.05) is 41.0 Å². The summed E-state index contributed by atoms with van der Waals surface area (Å²) in [7, 11) is 5.11. The summed E-state index contributed by atoms with van der Waals surface area (Å²) in [6.45, 7) is 17.1. The monoisotopic (exact) mass is 1050 g/mol. The molecule has 0 radical (unpaired) electrons. The van der Waals surface area contributed by atoms with Crippen LogP contribution in [0.3, 0.4) is 0 Å². The molecule has 0 unspecified atom stereocenters. The maximum absolute atomic E-state index is 14.5. The molecule has 22 heteroatoms. The van der Waals surface area contributed by atoms with Gasteiger partial charge in [-0.2, -0.15) is 0 Å². The van der Waals surface area contributed by atoms with E-state index < -0.39 is 127 Å². The molecule has 5 N–H and O–H groups in total. The molecule has 3 aliphatic rings. The zero-order valence-electron chi connectivity index (χ0n) is 44.7. The van der Waals surface area contributed by atoms with Crippen molar-refractivity contribution in [3.8, 4) is 5.75 Å². The summed E-state index contributed by atoms with van der Waals surface area (Å²) in [6, 6.07) is 3.27. The van der Waals surface area contributed by atoms with Crippen molar-refractivity contribution in [2.24, 2.45) is 17.8 Å². The highest BCUT2D eigenvalue weighted by Crippen LogP contribution is 2.40. The number of nitrogens with zero attached hydrogens (tertiary/aromatic N) is 5. The molecule has 0 aliphatic carbocycles. The van der Waals surface area contributed by atoms with E-state index >= 15 is 0 Å². The summed E-state index contributed by atoms with van der Waals surface area (Å²) < 4.78 is 95.7. The van der Waals surface area contributed by atoms with Gasteiger partial charge in [0.05, 0.1) is 53.3 Å². The molecule has 19 atom stereocenters. The number of hydrogen-bond acceptors (Lipinski definition) is 17. The first kappa shape index (κ1) is 60.7. The zero-order chi connectivity index (χ0) is 54.5. The number of cyclic esters (lactones) is 1. The van der Waals surface area contributed by atoms with Gasteiger partial charge in [-0.15, -0.1) is 18.3 Å². The molecule has 18 nitrogen and oxygen atoms in total. The number of alkyl halides is 4. The van der Waals surface area contributed by atoms with Crippen LogP contribution in [0, 0.1) is 17.8 Å². The third-order valence-electron chi connectivity index (χ3n) is 15.6. The molecule has 1 aromatic carbocycles. The van der Waals surface area contributed by atoms with Crippen LogP contribution in [0.15, 0.2) is 30.5 Å². The predicted octanol–water partition coefficient (Wildman–Crippen LogP) is 4.76. The van der Waals surface area contributed by atoms with Crippen LogP contribution >= 0.6 is 0 Å². The number of benzene rings is 1. The van der Waals surface area contributed by atoms with Gasteiger partial charge in [-0.3, -0.25) is 4.79 Å². The summed E-state index contributed by atoms with van der Waals surface area (Å²) in [4.78, 5) is 18.3. The Bertz CT molecular complexity index is 2040. The van der Waals surface area contributed by atoms with Crippen molar-refractivity contribution in [1.82, 2.24) is 24.8 Å². The van der Waals surface area contributed by atoms with Crippen molar-refractivity contribution in [2.45, 2.75) is 210 Å². The fraction of sp³-hybridized carbons (Fsp3) is 0.824. The quantitative estimate of drug-likeness (QED) is 0.120. The molecule has 3 fully saturated rings. The molecule has 3 saturated heterocycles.